The van der Waals surface area contributed by atoms with Gasteiger partial charge in [0.2, 0.25) is 0 Å². The van der Waals surface area contributed by atoms with Crippen LogP contribution in [0.5, 0.6) is 0 Å². The molecule has 9 nitrogen and oxygen atoms in total. The number of rotatable bonds is 5. The zero-order valence-corrected chi connectivity index (χ0v) is 17.5. The van der Waals surface area contributed by atoms with E-state index in [2.05, 4.69) is 19.8 Å². The molecule has 156 valence electrons. The highest BCUT2D eigenvalue weighted by atomic mass is 32.1. The van der Waals surface area contributed by atoms with Crippen molar-refractivity contribution < 1.29 is 14.5 Å². The summed E-state index contributed by atoms with van der Waals surface area (Å²) in [5, 5.41) is 11.7. The van der Waals surface area contributed by atoms with Crippen LogP contribution in [-0.4, -0.2) is 53.6 Å². The van der Waals surface area contributed by atoms with Gasteiger partial charge in [-0.25, -0.2) is 14.8 Å². The van der Waals surface area contributed by atoms with Crippen LogP contribution in [0.4, 0.5) is 17.2 Å². The summed E-state index contributed by atoms with van der Waals surface area (Å²) in [5.41, 5.74) is 1.90. The predicted octanol–water partition coefficient (Wildman–Crippen LogP) is 3.41. The van der Waals surface area contributed by atoms with Crippen LogP contribution in [0.3, 0.4) is 0 Å². The number of non-ortho nitro benzene ring substituents is 1. The lowest BCUT2D eigenvalue weighted by molar-refractivity contribution is -0.384. The standard InChI is InChI=1S/C20H21N5O4S/c1-3-29-20(26)17-13(2)16-18(21-12-22-19(16)30-17)24-10-8-23(9-11-24)14-4-6-15(7-5-14)25(27)28/h4-7,12H,3,8-11H2,1-2H3. The number of carbonyl (C=O) groups is 1. The zero-order valence-electron chi connectivity index (χ0n) is 16.7. The first-order chi connectivity index (χ1) is 14.5. The van der Waals surface area contributed by atoms with Gasteiger partial charge in [-0.2, -0.15) is 0 Å². The number of carbonyl (C=O) groups excluding carboxylic acids is 1. The molecule has 3 heterocycles. The molecule has 1 aliphatic rings. The number of nitrogens with zero attached hydrogens (tertiary/aromatic N) is 5. The van der Waals surface area contributed by atoms with Crippen molar-refractivity contribution in [2.75, 3.05) is 42.6 Å². The normalized spacial score (nSPS) is 14.2. The molecule has 1 aliphatic heterocycles. The highest BCUT2D eigenvalue weighted by Crippen LogP contribution is 2.35. The Bertz CT molecular complexity index is 1090. The molecule has 10 heteroatoms. The SMILES string of the molecule is CCOC(=O)c1sc2ncnc(N3CCN(c4ccc([N+](=O)[O-])cc4)CC3)c2c1C. The minimum atomic E-state index is -0.393. The summed E-state index contributed by atoms with van der Waals surface area (Å²) in [4.78, 5) is 37.3. The summed E-state index contributed by atoms with van der Waals surface area (Å²) in [5.74, 6) is 0.500. The van der Waals surface area contributed by atoms with Crippen LogP contribution in [-0.2, 0) is 4.74 Å². The Labute approximate surface area is 177 Å². The summed E-state index contributed by atoms with van der Waals surface area (Å²) in [6.45, 7) is 7.03. The zero-order chi connectivity index (χ0) is 21.3. The largest absolute Gasteiger partial charge is 0.462 e. The molecular formula is C20H21N5O4S. The van der Waals surface area contributed by atoms with Crippen molar-refractivity contribution in [1.29, 1.82) is 0 Å². The van der Waals surface area contributed by atoms with Crippen LogP contribution in [0.25, 0.3) is 10.2 Å². The van der Waals surface area contributed by atoms with Crippen molar-refractivity contribution in [2.24, 2.45) is 0 Å². The molecule has 0 spiro atoms. The van der Waals surface area contributed by atoms with Crippen LogP contribution in [0.15, 0.2) is 30.6 Å². The lowest BCUT2D eigenvalue weighted by Crippen LogP contribution is -2.46. The molecule has 0 bridgehead atoms. The smallest absolute Gasteiger partial charge is 0.348 e. The molecule has 1 aromatic carbocycles. The molecule has 3 aromatic rings. The monoisotopic (exact) mass is 427 g/mol. The topological polar surface area (TPSA) is 102 Å². The summed E-state index contributed by atoms with van der Waals surface area (Å²) in [6, 6.07) is 6.62. The Kier molecular flexibility index (Phi) is 5.49. The number of aromatic nitrogens is 2. The van der Waals surface area contributed by atoms with Crippen molar-refractivity contribution >= 4 is 44.7 Å². The first kappa shape index (κ1) is 20.0. The minimum absolute atomic E-state index is 0.0890. The third-order valence-electron chi connectivity index (χ3n) is 5.17. The predicted molar refractivity (Wildman–Crippen MR) is 116 cm³/mol. The van der Waals surface area contributed by atoms with Gasteiger partial charge in [0, 0.05) is 44.0 Å². The number of esters is 1. The van der Waals surface area contributed by atoms with Crippen LogP contribution in [0.2, 0.25) is 0 Å². The molecule has 2 aromatic heterocycles. The molecule has 30 heavy (non-hydrogen) atoms. The maximum atomic E-state index is 12.3. The van der Waals surface area contributed by atoms with Crippen molar-refractivity contribution in [3.05, 3.63) is 51.1 Å². The van der Waals surface area contributed by atoms with Crippen LogP contribution < -0.4 is 9.80 Å². The lowest BCUT2D eigenvalue weighted by atomic mass is 10.1. The van der Waals surface area contributed by atoms with E-state index in [0.717, 1.165) is 53.5 Å². The summed E-state index contributed by atoms with van der Waals surface area (Å²) in [7, 11) is 0. The number of aryl methyl sites for hydroxylation is 1. The van der Waals surface area contributed by atoms with Crippen molar-refractivity contribution in [2.45, 2.75) is 13.8 Å². The summed E-state index contributed by atoms with van der Waals surface area (Å²) >= 11 is 1.33. The first-order valence-corrected chi connectivity index (χ1v) is 10.5. The van der Waals surface area contributed by atoms with Gasteiger partial charge in [-0.15, -0.1) is 11.3 Å². The molecule has 4 rings (SSSR count). The number of hydrogen-bond acceptors (Lipinski definition) is 9. The molecule has 0 N–H and O–H groups in total. The summed E-state index contributed by atoms with van der Waals surface area (Å²) < 4.78 is 5.17. The Hall–Kier alpha value is -3.27. The highest BCUT2D eigenvalue weighted by Gasteiger charge is 2.25. The van der Waals surface area contributed by atoms with Gasteiger partial charge in [-0.3, -0.25) is 10.1 Å². The Balaban J connectivity index is 1.54. The van der Waals surface area contributed by atoms with E-state index in [1.165, 1.54) is 29.8 Å². The quantitative estimate of drug-likeness (QED) is 0.347. The average molecular weight is 427 g/mol. The average Bonchev–Trinajstić information content (AvgIpc) is 3.11. The third kappa shape index (κ3) is 3.65. The molecule has 0 atom stereocenters. The van der Waals surface area contributed by atoms with Gasteiger partial charge in [0.1, 0.15) is 21.9 Å². The molecule has 0 amide bonds. The van der Waals surface area contributed by atoms with Crippen LogP contribution in [0.1, 0.15) is 22.2 Å². The maximum absolute atomic E-state index is 12.3. The van der Waals surface area contributed by atoms with Crippen molar-refractivity contribution in [3.8, 4) is 0 Å². The fourth-order valence-electron chi connectivity index (χ4n) is 3.65. The molecule has 0 aliphatic carbocycles. The number of benzene rings is 1. The van der Waals surface area contributed by atoms with Gasteiger partial charge >= 0.3 is 5.97 Å². The van der Waals surface area contributed by atoms with E-state index in [-0.39, 0.29) is 11.7 Å². The number of nitro groups is 1. The number of ether oxygens (including phenoxy) is 1. The second-order valence-electron chi connectivity index (χ2n) is 6.90. The van der Waals surface area contributed by atoms with Gasteiger partial charge in [0.15, 0.2) is 0 Å². The first-order valence-electron chi connectivity index (χ1n) is 9.65. The molecule has 1 fully saturated rings. The Morgan fingerprint density at radius 2 is 1.83 bits per heavy atom. The lowest BCUT2D eigenvalue weighted by Gasteiger charge is -2.37. The van der Waals surface area contributed by atoms with Crippen molar-refractivity contribution in [3.63, 3.8) is 0 Å². The molecule has 0 saturated carbocycles. The van der Waals surface area contributed by atoms with Gasteiger partial charge in [-0.1, -0.05) is 0 Å². The summed E-state index contributed by atoms with van der Waals surface area (Å²) in [6.07, 6.45) is 1.53. The third-order valence-corrected chi connectivity index (χ3v) is 6.35. The molecule has 1 saturated heterocycles. The highest BCUT2D eigenvalue weighted by molar-refractivity contribution is 7.20. The van der Waals surface area contributed by atoms with E-state index >= 15 is 0 Å². The van der Waals surface area contributed by atoms with Crippen LogP contribution >= 0.6 is 11.3 Å². The maximum Gasteiger partial charge on any atom is 0.348 e. The number of hydrogen-bond donors (Lipinski definition) is 0. The van der Waals surface area contributed by atoms with Crippen molar-refractivity contribution in [1.82, 2.24) is 9.97 Å². The molecular weight excluding hydrogens is 406 g/mol. The number of thiophene rings is 1. The van der Waals surface area contributed by atoms with E-state index in [1.807, 2.05) is 6.92 Å². The van der Waals surface area contributed by atoms with Gasteiger partial charge < -0.3 is 14.5 Å². The second kappa shape index (κ2) is 8.23. The van der Waals surface area contributed by atoms with E-state index in [4.69, 9.17) is 4.74 Å². The van der Waals surface area contributed by atoms with E-state index < -0.39 is 4.92 Å². The van der Waals surface area contributed by atoms with E-state index in [1.54, 1.807) is 19.1 Å². The fourth-order valence-corrected chi connectivity index (χ4v) is 4.68. The Morgan fingerprint density at radius 3 is 2.47 bits per heavy atom. The number of nitro benzene ring substituents is 1. The number of fused-ring (bicyclic) bond motifs is 1. The number of piperazine rings is 1. The Morgan fingerprint density at radius 1 is 1.17 bits per heavy atom. The fraction of sp³-hybridized carbons (Fsp3) is 0.350. The second-order valence-corrected chi connectivity index (χ2v) is 7.90. The van der Waals surface area contributed by atoms with Gasteiger partial charge in [0.25, 0.3) is 5.69 Å². The van der Waals surface area contributed by atoms with E-state index in [9.17, 15) is 14.9 Å². The van der Waals surface area contributed by atoms with E-state index in [0.29, 0.717) is 11.5 Å². The number of anilines is 2. The minimum Gasteiger partial charge on any atom is -0.462 e. The molecule has 0 radical (unpaired) electrons. The molecule has 0 unspecified atom stereocenters. The van der Waals surface area contributed by atoms with Gasteiger partial charge in [0.05, 0.1) is 16.9 Å². The van der Waals surface area contributed by atoms with Gasteiger partial charge in [-0.05, 0) is 31.5 Å². The van der Waals surface area contributed by atoms with Crippen LogP contribution in [0, 0.1) is 17.0 Å².